The van der Waals surface area contributed by atoms with Crippen LogP contribution in [-0.2, 0) is 0 Å². The smallest absolute Gasteiger partial charge is 0.163 e. The predicted molar refractivity (Wildman–Crippen MR) is 112 cm³/mol. The summed E-state index contributed by atoms with van der Waals surface area (Å²) in [6.07, 6.45) is 5.68. The first-order chi connectivity index (χ1) is 13.8. The van der Waals surface area contributed by atoms with Crippen LogP contribution in [0.4, 0.5) is 11.6 Å². The molecule has 2 heterocycles. The molecule has 0 atom stereocenters. The summed E-state index contributed by atoms with van der Waals surface area (Å²) in [7, 11) is 0. The average molecular weight is 361 g/mol. The molecule has 5 aromatic rings. The van der Waals surface area contributed by atoms with Crippen LogP contribution < -0.4 is 5.32 Å². The number of hydrogen-bond donors (Lipinski definition) is 2. The number of aromatic nitrogens is 4. The molecule has 0 fully saturated rings. The Labute approximate surface area is 161 Å². The van der Waals surface area contributed by atoms with Crippen molar-refractivity contribution in [1.82, 2.24) is 20.2 Å². The number of aromatic amines is 1. The fourth-order valence-corrected chi connectivity index (χ4v) is 3.27. The van der Waals surface area contributed by atoms with Crippen molar-refractivity contribution in [1.29, 1.82) is 0 Å². The summed E-state index contributed by atoms with van der Waals surface area (Å²) < 4.78 is 0. The summed E-state index contributed by atoms with van der Waals surface area (Å²) in [6, 6.07) is 23.5. The number of benzene rings is 3. The van der Waals surface area contributed by atoms with Crippen LogP contribution in [0.2, 0.25) is 0 Å². The number of fused-ring (bicyclic) bond motifs is 2. The van der Waals surface area contributed by atoms with Crippen molar-refractivity contribution < 1.29 is 0 Å². The van der Waals surface area contributed by atoms with Crippen molar-refractivity contribution in [3.8, 4) is 23.7 Å². The zero-order chi connectivity index (χ0) is 18.9. The van der Waals surface area contributed by atoms with Crippen molar-refractivity contribution in [2.24, 2.45) is 0 Å². The average Bonchev–Trinajstić information content (AvgIpc) is 3.16. The Morgan fingerprint density at radius 2 is 1.54 bits per heavy atom. The van der Waals surface area contributed by atoms with Gasteiger partial charge in [0.25, 0.3) is 0 Å². The van der Waals surface area contributed by atoms with Gasteiger partial charge in [-0.3, -0.25) is 5.10 Å². The van der Waals surface area contributed by atoms with E-state index in [1.807, 2.05) is 72.8 Å². The number of terminal acetylenes is 1. The Kier molecular flexibility index (Phi) is 3.74. The van der Waals surface area contributed by atoms with Crippen LogP contribution in [0.1, 0.15) is 5.56 Å². The second-order valence-corrected chi connectivity index (χ2v) is 6.35. The lowest BCUT2D eigenvalue weighted by Gasteiger charge is -2.11. The van der Waals surface area contributed by atoms with Crippen LogP contribution in [0.25, 0.3) is 33.2 Å². The summed E-state index contributed by atoms with van der Waals surface area (Å²) in [6.45, 7) is 0. The lowest BCUT2D eigenvalue weighted by molar-refractivity contribution is 1.11. The van der Waals surface area contributed by atoms with Crippen LogP contribution in [-0.4, -0.2) is 20.2 Å². The third kappa shape index (κ3) is 2.65. The van der Waals surface area contributed by atoms with E-state index >= 15 is 0 Å². The van der Waals surface area contributed by atoms with Crippen LogP contribution >= 0.6 is 0 Å². The van der Waals surface area contributed by atoms with Gasteiger partial charge in [0.2, 0.25) is 0 Å². The number of hydrogen-bond acceptors (Lipinski definition) is 4. The molecule has 5 rings (SSSR count). The van der Waals surface area contributed by atoms with Gasteiger partial charge >= 0.3 is 0 Å². The zero-order valence-electron chi connectivity index (χ0n) is 14.8. The van der Waals surface area contributed by atoms with Crippen molar-refractivity contribution in [2.45, 2.75) is 0 Å². The molecule has 0 saturated heterocycles. The molecule has 0 aliphatic carbocycles. The summed E-state index contributed by atoms with van der Waals surface area (Å²) in [5.41, 5.74) is 3.38. The molecule has 0 radical (unpaired) electrons. The Bertz CT molecular complexity index is 1360. The first-order valence-corrected chi connectivity index (χ1v) is 8.86. The van der Waals surface area contributed by atoms with Gasteiger partial charge in [0.1, 0.15) is 5.82 Å². The largest absolute Gasteiger partial charge is 0.322 e. The summed E-state index contributed by atoms with van der Waals surface area (Å²) in [5, 5.41) is 12.7. The molecule has 0 aliphatic heterocycles. The van der Waals surface area contributed by atoms with Gasteiger partial charge in [-0.25, -0.2) is 9.97 Å². The Morgan fingerprint density at radius 3 is 2.43 bits per heavy atom. The minimum absolute atomic E-state index is 0.578. The van der Waals surface area contributed by atoms with E-state index in [0.717, 1.165) is 38.8 Å². The molecule has 2 N–H and O–H groups in total. The van der Waals surface area contributed by atoms with Crippen LogP contribution in [0.3, 0.4) is 0 Å². The SMILES string of the molecule is C#Cc1ccccc1-c1nc(Nc2n[nH]c3ccccc23)c2ccccc2n1. The van der Waals surface area contributed by atoms with Crippen molar-refractivity contribution in [2.75, 3.05) is 5.32 Å². The van der Waals surface area contributed by atoms with Crippen molar-refractivity contribution in [3.63, 3.8) is 0 Å². The molecule has 0 amide bonds. The van der Waals surface area contributed by atoms with Gasteiger partial charge in [0.15, 0.2) is 11.6 Å². The topological polar surface area (TPSA) is 66.5 Å². The minimum atomic E-state index is 0.578. The molecule has 28 heavy (non-hydrogen) atoms. The molecule has 0 unspecified atom stereocenters. The number of para-hydroxylation sites is 2. The molecule has 0 saturated carbocycles. The first-order valence-electron chi connectivity index (χ1n) is 8.86. The lowest BCUT2D eigenvalue weighted by atomic mass is 10.1. The predicted octanol–water partition coefficient (Wildman–Crippen LogP) is 4.90. The second-order valence-electron chi connectivity index (χ2n) is 6.35. The van der Waals surface area contributed by atoms with E-state index < -0.39 is 0 Å². The lowest BCUT2D eigenvalue weighted by Crippen LogP contribution is -2.00. The molecule has 0 aliphatic rings. The fraction of sp³-hybridized carbons (Fsp3) is 0. The van der Waals surface area contributed by atoms with Gasteiger partial charge in [0, 0.05) is 21.9 Å². The highest BCUT2D eigenvalue weighted by molar-refractivity contribution is 5.97. The standard InChI is InChI=1S/C23H15N5/c1-2-15-9-3-4-10-16(15)21-24-19-13-7-5-11-17(19)22(25-21)26-23-18-12-6-8-14-20(18)27-28-23/h1,3-14H,(H2,24,25,26,27,28). The van der Waals surface area contributed by atoms with Crippen LogP contribution in [0, 0.1) is 12.3 Å². The fourth-order valence-electron chi connectivity index (χ4n) is 3.27. The van der Waals surface area contributed by atoms with Crippen LogP contribution in [0.15, 0.2) is 72.8 Å². The molecular weight excluding hydrogens is 346 g/mol. The number of nitrogens with zero attached hydrogens (tertiary/aromatic N) is 3. The van der Waals surface area contributed by atoms with Gasteiger partial charge in [0.05, 0.1) is 11.0 Å². The highest BCUT2D eigenvalue weighted by atomic mass is 15.2. The zero-order valence-corrected chi connectivity index (χ0v) is 14.8. The van der Waals surface area contributed by atoms with E-state index in [1.54, 1.807) is 0 Å². The van der Waals surface area contributed by atoms with E-state index in [9.17, 15) is 0 Å². The molecular formula is C23H15N5. The maximum Gasteiger partial charge on any atom is 0.163 e. The molecule has 2 aromatic heterocycles. The minimum Gasteiger partial charge on any atom is -0.322 e. The third-order valence-corrected chi connectivity index (χ3v) is 4.63. The highest BCUT2D eigenvalue weighted by Crippen LogP contribution is 2.30. The van der Waals surface area contributed by atoms with E-state index in [-0.39, 0.29) is 0 Å². The Balaban J connectivity index is 1.71. The highest BCUT2D eigenvalue weighted by Gasteiger charge is 2.13. The summed E-state index contributed by atoms with van der Waals surface area (Å²) >= 11 is 0. The molecule has 3 aromatic carbocycles. The van der Waals surface area contributed by atoms with E-state index in [0.29, 0.717) is 11.6 Å². The summed E-state index contributed by atoms with van der Waals surface area (Å²) in [5.74, 6) is 4.69. The molecule has 0 bridgehead atoms. The van der Waals surface area contributed by atoms with Gasteiger partial charge in [-0.1, -0.05) is 42.3 Å². The maximum atomic E-state index is 5.68. The maximum absolute atomic E-state index is 5.68. The molecule has 5 nitrogen and oxygen atoms in total. The third-order valence-electron chi connectivity index (χ3n) is 4.63. The summed E-state index contributed by atoms with van der Waals surface area (Å²) in [4.78, 5) is 9.52. The second kappa shape index (κ2) is 6.53. The van der Waals surface area contributed by atoms with Gasteiger partial charge < -0.3 is 5.32 Å². The molecule has 5 heteroatoms. The van der Waals surface area contributed by atoms with E-state index in [1.165, 1.54) is 0 Å². The van der Waals surface area contributed by atoms with E-state index in [4.69, 9.17) is 16.4 Å². The number of anilines is 2. The number of nitrogens with one attached hydrogen (secondary N) is 2. The van der Waals surface area contributed by atoms with Gasteiger partial charge in [-0.15, -0.1) is 6.42 Å². The van der Waals surface area contributed by atoms with Gasteiger partial charge in [-0.2, -0.15) is 5.10 Å². The normalized spacial score (nSPS) is 10.8. The number of rotatable bonds is 3. The molecule has 132 valence electrons. The van der Waals surface area contributed by atoms with Crippen molar-refractivity contribution >= 4 is 33.4 Å². The molecule has 0 spiro atoms. The van der Waals surface area contributed by atoms with Crippen molar-refractivity contribution in [3.05, 3.63) is 78.4 Å². The number of H-pyrrole nitrogens is 1. The first kappa shape index (κ1) is 16.0. The monoisotopic (exact) mass is 361 g/mol. The Morgan fingerprint density at radius 1 is 0.786 bits per heavy atom. The Hall–Kier alpha value is -4.17. The quantitative estimate of drug-likeness (QED) is 0.449. The van der Waals surface area contributed by atoms with Gasteiger partial charge in [-0.05, 0) is 36.4 Å². The van der Waals surface area contributed by atoms with E-state index in [2.05, 4.69) is 21.4 Å². The van der Waals surface area contributed by atoms with Crippen LogP contribution in [0.5, 0.6) is 0 Å².